The summed E-state index contributed by atoms with van der Waals surface area (Å²) in [6.07, 6.45) is 0.661. The largest absolute Gasteiger partial charge is 0.472 e. The van der Waals surface area contributed by atoms with E-state index < -0.39 is 7.82 Å². The predicted molar refractivity (Wildman–Crippen MR) is 77.4 cm³/mol. The van der Waals surface area contributed by atoms with Crippen molar-refractivity contribution in [3.05, 3.63) is 0 Å². The Kier molecular flexibility index (Phi) is 9.20. The molecule has 0 saturated heterocycles. The Morgan fingerprint density at radius 2 is 2.00 bits per heavy atom. The average molecular weight is 416 g/mol. The van der Waals surface area contributed by atoms with Crippen molar-refractivity contribution in [3.63, 3.8) is 0 Å². The van der Waals surface area contributed by atoms with E-state index in [4.69, 9.17) is 20.6 Å². The highest BCUT2D eigenvalue weighted by molar-refractivity contribution is 9.09. The van der Waals surface area contributed by atoms with Crippen LogP contribution < -0.4 is 0 Å². The summed E-state index contributed by atoms with van der Waals surface area (Å²) in [4.78, 5) is 9.42. The third kappa shape index (κ3) is 9.88. The Bertz CT molecular complexity index is 265. The number of hydrogen-bond acceptors (Lipinski definition) is 3. The second kappa shape index (κ2) is 8.51. The van der Waals surface area contributed by atoms with E-state index in [0.29, 0.717) is 11.8 Å². The van der Waals surface area contributed by atoms with Crippen molar-refractivity contribution in [1.29, 1.82) is 0 Å². The monoisotopic (exact) mass is 414 g/mol. The Morgan fingerprint density at radius 1 is 1.41 bits per heavy atom. The number of alkyl halides is 3. The van der Waals surface area contributed by atoms with Crippen LogP contribution in [0.2, 0.25) is 0 Å². The number of phosphoric ester groups is 1. The van der Waals surface area contributed by atoms with E-state index in [2.05, 4.69) is 31.9 Å². The van der Waals surface area contributed by atoms with E-state index >= 15 is 0 Å². The lowest BCUT2D eigenvalue weighted by Crippen LogP contribution is -2.20. The van der Waals surface area contributed by atoms with Gasteiger partial charge in [-0.15, -0.1) is 11.6 Å². The van der Waals surface area contributed by atoms with Gasteiger partial charge in [-0.2, -0.15) is 0 Å². The zero-order valence-electron chi connectivity index (χ0n) is 9.87. The lowest BCUT2D eigenvalue weighted by Gasteiger charge is -2.23. The smallest absolute Gasteiger partial charge is 0.302 e. The second-order valence-electron chi connectivity index (χ2n) is 4.41. The van der Waals surface area contributed by atoms with Crippen LogP contribution in [0, 0.1) is 5.41 Å². The van der Waals surface area contributed by atoms with Gasteiger partial charge in [0.15, 0.2) is 0 Å². The van der Waals surface area contributed by atoms with Crippen LogP contribution in [0.1, 0.15) is 20.3 Å². The van der Waals surface area contributed by atoms with Crippen molar-refractivity contribution >= 4 is 51.3 Å². The molecule has 0 aromatic rings. The topological polar surface area (TPSA) is 55.8 Å². The summed E-state index contributed by atoms with van der Waals surface area (Å²) >= 11 is 12.4. The maximum absolute atomic E-state index is 11.5. The van der Waals surface area contributed by atoms with Gasteiger partial charge in [-0.1, -0.05) is 45.7 Å². The van der Waals surface area contributed by atoms with Crippen molar-refractivity contribution in [3.8, 4) is 0 Å². The summed E-state index contributed by atoms with van der Waals surface area (Å²) in [5.74, 6) is 0. The van der Waals surface area contributed by atoms with E-state index in [1.807, 2.05) is 13.8 Å². The van der Waals surface area contributed by atoms with Crippen molar-refractivity contribution in [2.75, 3.05) is 23.9 Å². The maximum Gasteiger partial charge on any atom is 0.472 e. The summed E-state index contributed by atoms with van der Waals surface area (Å²) < 4.78 is 21.2. The molecule has 17 heavy (non-hydrogen) atoms. The molecule has 1 N–H and O–H groups in total. The molecule has 0 fully saturated rings. The number of halogens is 3. The van der Waals surface area contributed by atoms with Gasteiger partial charge in [0.1, 0.15) is 0 Å². The van der Waals surface area contributed by atoms with Gasteiger partial charge in [0.25, 0.3) is 0 Å². The molecule has 0 heterocycles. The summed E-state index contributed by atoms with van der Waals surface area (Å²) in [5.41, 5.74) is -0.224. The summed E-state index contributed by atoms with van der Waals surface area (Å²) in [7, 11) is -4.00. The molecule has 4 nitrogen and oxygen atoms in total. The van der Waals surface area contributed by atoms with Gasteiger partial charge in [0.2, 0.25) is 0 Å². The van der Waals surface area contributed by atoms with Crippen molar-refractivity contribution in [1.82, 2.24) is 0 Å². The fraction of sp³-hybridized carbons (Fsp3) is 1.00. The molecular formula is C9H18Br2ClO4P. The lowest BCUT2D eigenvalue weighted by atomic mass is 9.99. The number of rotatable bonds is 9. The highest BCUT2D eigenvalue weighted by Crippen LogP contribution is 2.45. The first-order chi connectivity index (χ1) is 7.72. The standard InChI is InChI=1S/C9H18Br2ClO4P/c1-9(2,6-11)7-16-17(13,14)15-5-8(12)3-4-10/h8H,3-7H2,1-2H3,(H,13,14). The van der Waals surface area contributed by atoms with Gasteiger partial charge >= 0.3 is 7.82 Å². The minimum atomic E-state index is -4.00. The molecule has 0 aliphatic carbocycles. The van der Waals surface area contributed by atoms with Crippen molar-refractivity contribution in [2.24, 2.45) is 5.41 Å². The molecule has 0 spiro atoms. The molecule has 0 radical (unpaired) electrons. The molecule has 8 heteroatoms. The fourth-order valence-electron chi connectivity index (χ4n) is 0.709. The van der Waals surface area contributed by atoms with Crippen LogP contribution in [-0.4, -0.2) is 34.1 Å². The second-order valence-corrected chi connectivity index (χ2v) is 7.83. The van der Waals surface area contributed by atoms with Crippen LogP contribution in [0.3, 0.4) is 0 Å². The first-order valence-corrected chi connectivity index (χ1v) is 9.28. The van der Waals surface area contributed by atoms with Gasteiger partial charge < -0.3 is 4.89 Å². The molecule has 0 saturated carbocycles. The molecule has 2 atom stereocenters. The molecular weight excluding hydrogens is 398 g/mol. The Balaban J connectivity index is 4.00. The van der Waals surface area contributed by atoms with Crippen LogP contribution in [-0.2, 0) is 13.6 Å². The molecule has 0 aromatic heterocycles. The molecule has 104 valence electrons. The molecule has 0 aliphatic heterocycles. The van der Waals surface area contributed by atoms with Crippen LogP contribution in [0.25, 0.3) is 0 Å². The minimum absolute atomic E-state index is 0.00429. The van der Waals surface area contributed by atoms with Gasteiger partial charge in [-0.3, -0.25) is 9.05 Å². The highest BCUT2D eigenvalue weighted by atomic mass is 79.9. The van der Waals surface area contributed by atoms with Crippen LogP contribution in [0.15, 0.2) is 0 Å². The highest BCUT2D eigenvalue weighted by Gasteiger charge is 2.27. The molecule has 0 amide bonds. The van der Waals surface area contributed by atoms with Crippen molar-refractivity contribution < 1.29 is 18.5 Å². The van der Waals surface area contributed by atoms with E-state index in [1.165, 1.54) is 0 Å². The average Bonchev–Trinajstić information content (AvgIpc) is 2.25. The summed E-state index contributed by atoms with van der Waals surface area (Å²) in [6.45, 7) is 3.96. The quantitative estimate of drug-likeness (QED) is 0.457. The minimum Gasteiger partial charge on any atom is -0.302 e. The first kappa shape index (κ1) is 18.4. The van der Waals surface area contributed by atoms with Crippen LogP contribution in [0.4, 0.5) is 0 Å². The normalized spacial score (nSPS) is 17.8. The van der Waals surface area contributed by atoms with Gasteiger partial charge in [-0.05, 0) is 11.8 Å². The Labute approximate surface area is 124 Å². The van der Waals surface area contributed by atoms with E-state index in [-0.39, 0.29) is 24.0 Å². The SMILES string of the molecule is CC(C)(CBr)COP(=O)(O)OCC(Cl)CCBr. The molecule has 2 unspecified atom stereocenters. The lowest BCUT2D eigenvalue weighted by molar-refractivity contribution is 0.113. The van der Waals surface area contributed by atoms with Gasteiger partial charge in [0, 0.05) is 10.7 Å². The number of hydrogen-bond donors (Lipinski definition) is 1. The first-order valence-electron chi connectivity index (χ1n) is 5.10. The van der Waals surface area contributed by atoms with E-state index in [0.717, 1.165) is 5.33 Å². The fourth-order valence-corrected chi connectivity index (χ4v) is 2.90. The summed E-state index contributed by atoms with van der Waals surface area (Å²) in [6, 6.07) is 0. The van der Waals surface area contributed by atoms with Crippen molar-refractivity contribution in [2.45, 2.75) is 25.6 Å². The van der Waals surface area contributed by atoms with Crippen LogP contribution >= 0.6 is 51.3 Å². The van der Waals surface area contributed by atoms with Gasteiger partial charge in [-0.25, -0.2) is 4.57 Å². The van der Waals surface area contributed by atoms with E-state index in [1.54, 1.807) is 0 Å². The molecule has 0 bridgehead atoms. The van der Waals surface area contributed by atoms with Crippen LogP contribution in [0.5, 0.6) is 0 Å². The number of phosphoric acid groups is 1. The Morgan fingerprint density at radius 3 is 2.47 bits per heavy atom. The summed E-state index contributed by atoms with van der Waals surface area (Å²) in [5, 5.41) is 1.09. The van der Waals surface area contributed by atoms with E-state index in [9.17, 15) is 9.46 Å². The maximum atomic E-state index is 11.5. The Hall–Kier alpha value is 1.36. The molecule has 0 rings (SSSR count). The predicted octanol–water partition coefficient (Wildman–Crippen LogP) is 3.93. The molecule has 0 aliphatic rings. The zero-order chi connectivity index (χ0) is 13.5. The zero-order valence-corrected chi connectivity index (χ0v) is 14.7. The third-order valence-corrected chi connectivity index (χ3v) is 5.07. The molecule has 0 aromatic carbocycles. The van der Waals surface area contributed by atoms with Gasteiger partial charge in [0.05, 0.1) is 18.6 Å². The third-order valence-electron chi connectivity index (χ3n) is 1.82.